The van der Waals surface area contributed by atoms with E-state index >= 15 is 0 Å². The van der Waals surface area contributed by atoms with Crippen LogP contribution in [0, 0.1) is 5.41 Å². The minimum absolute atomic E-state index is 0.125. The molecule has 1 aromatic heterocycles. The third kappa shape index (κ3) is 2.46. The molecule has 5 heteroatoms. The van der Waals surface area contributed by atoms with Crippen molar-refractivity contribution in [2.75, 3.05) is 18.5 Å². The molecule has 0 saturated heterocycles. The summed E-state index contributed by atoms with van der Waals surface area (Å²) in [6.45, 7) is 0.957. The average Bonchev–Trinajstić information content (AvgIpc) is 3.17. The zero-order valence-electron chi connectivity index (χ0n) is 10.6. The van der Waals surface area contributed by atoms with E-state index in [2.05, 4.69) is 15.3 Å². The smallest absolute Gasteiger partial charge is 0.260 e. The molecule has 1 heterocycles. The van der Waals surface area contributed by atoms with Crippen LogP contribution >= 0.6 is 0 Å². The highest BCUT2D eigenvalue weighted by molar-refractivity contribution is 5.78. The lowest BCUT2D eigenvalue weighted by Gasteiger charge is -2.14. The predicted octanol–water partition coefficient (Wildman–Crippen LogP) is 1.50. The topological polar surface area (TPSA) is 78.0 Å². The summed E-state index contributed by atoms with van der Waals surface area (Å²) in [5.74, 6) is 0.507. The molecule has 0 amide bonds. The van der Waals surface area contributed by atoms with Gasteiger partial charge in [0.15, 0.2) is 0 Å². The number of aliphatic hydroxyl groups is 1. The predicted molar refractivity (Wildman–Crippen MR) is 74.2 cm³/mol. The third-order valence-corrected chi connectivity index (χ3v) is 3.84. The highest BCUT2D eigenvalue weighted by Gasteiger charge is 2.41. The molecule has 0 bridgehead atoms. The molecular formula is C14H17N3O2. The van der Waals surface area contributed by atoms with Crippen molar-refractivity contribution < 1.29 is 5.11 Å². The maximum atomic E-state index is 11.9. The lowest BCUT2D eigenvalue weighted by molar-refractivity contribution is 0.253. The van der Waals surface area contributed by atoms with E-state index in [-0.39, 0.29) is 17.6 Å². The molecule has 100 valence electrons. The molecule has 3 N–H and O–H groups in total. The van der Waals surface area contributed by atoms with E-state index in [4.69, 9.17) is 5.11 Å². The van der Waals surface area contributed by atoms with Gasteiger partial charge in [0.1, 0.15) is 0 Å². The van der Waals surface area contributed by atoms with Crippen LogP contribution in [-0.4, -0.2) is 28.2 Å². The van der Waals surface area contributed by atoms with Gasteiger partial charge < -0.3 is 10.4 Å². The molecular weight excluding hydrogens is 242 g/mol. The summed E-state index contributed by atoms with van der Waals surface area (Å²) in [4.78, 5) is 19.0. The molecule has 0 spiro atoms. The average molecular weight is 259 g/mol. The van der Waals surface area contributed by atoms with Crippen LogP contribution in [0.4, 0.5) is 5.95 Å². The van der Waals surface area contributed by atoms with Crippen molar-refractivity contribution in [3.05, 3.63) is 34.6 Å². The minimum atomic E-state index is -0.125. The van der Waals surface area contributed by atoms with E-state index in [0.717, 1.165) is 25.8 Å². The van der Waals surface area contributed by atoms with E-state index in [0.29, 0.717) is 16.9 Å². The van der Waals surface area contributed by atoms with E-state index in [1.165, 1.54) is 0 Å². The number of fused-ring (bicyclic) bond motifs is 1. The van der Waals surface area contributed by atoms with Crippen LogP contribution in [0.15, 0.2) is 29.1 Å². The molecule has 0 unspecified atom stereocenters. The molecule has 19 heavy (non-hydrogen) atoms. The number of para-hydroxylation sites is 1. The Kier molecular flexibility index (Phi) is 2.98. The molecule has 0 aliphatic heterocycles. The van der Waals surface area contributed by atoms with Crippen molar-refractivity contribution in [2.24, 2.45) is 5.41 Å². The second kappa shape index (κ2) is 4.66. The van der Waals surface area contributed by atoms with E-state index in [1.807, 2.05) is 18.2 Å². The number of H-pyrrole nitrogens is 1. The van der Waals surface area contributed by atoms with Gasteiger partial charge in [-0.05, 0) is 36.8 Å². The van der Waals surface area contributed by atoms with Gasteiger partial charge in [-0.15, -0.1) is 0 Å². The quantitative estimate of drug-likeness (QED) is 0.760. The molecule has 5 nitrogen and oxygen atoms in total. The fraction of sp³-hybridized carbons (Fsp3) is 0.429. The summed E-state index contributed by atoms with van der Waals surface area (Å²) < 4.78 is 0. The van der Waals surface area contributed by atoms with Gasteiger partial charge in [-0.25, -0.2) is 4.98 Å². The molecule has 0 radical (unpaired) electrons. The summed E-state index contributed by atoms with van der Waals surface area (Å²) in [7, 11) is 0. The second-order valence-corrected chi connectivity index (χ2v) is 5.26. The molecule has 3 rings (SSSR count). The Labute approximate surface area is 110 Å². The van der Waals surface area contributed by atoms with Gasteiger partial charge in [0.25, 0.3) is 5.56 Å². The highest BCUT2D eigenvalue weighted by atomic mass is 16.3. The van der Waals surface area contributed by atoms with Crippen LogP contribution in [0.1, 0.15) is 19.3 Å². The molecule has 1 saturated carbocycles. The zero-order chi connectivity index (χ0) is 13.3. The number of aromatic nitrogens is 2. The number of hydrogen-bond acceptors (Lipinski definition) is 4. The first-order chi connectivity index (χ1) is 9.22. The van der Waals surface area contributed by atoms with Crippen molar-refractivity contribution in [1.29, 1.82) is 0 Å². The van der Waals surface area contributed by atoms with Crippen LogP contribution < -0.4 is 10.9 Å². The van der Waals surface area contributed by atoms with E-state index in [9.17, 15) is 4.79 Å². The van der Waals surface area contributed by atoms with E-state index in [1.54, 1.807) is 6.07 Å². The van der Waals surface area contributed by atoms with Crippen LogP contribution in [0.2, 0.25) is 0 Å². The number of anilines is 1. The van der Waals surface area contributed by atoms with Crippen LogP contribution in [0.3, 0.4) is 0 Å². The van der Waals surface area contributed by atoms with Crippen LogP contribution in [0.5, 0.6) is 0 Å². The Morgan fingerprint density at radius 3 is 2.89 bits per heavy atom. The first-order valence-corrected chi connectivity index (χ1v) is 6.56. The summed E-state index contributed by atoms with van der Waals surface area (Å²) in [6, 6.07) is 7.29. The summed E-state index contributed by atoms with van der Waals surface area (Å²) in [5, 5.41) is 12.8. The van der Waals surface area contributed by atoms with Gasteiger partial charge in [-0.1, -0.05) is 12.1 Å². The monoisotopic (exact) mass is 259 g/mol. The largest absolute Gasteiger partial charge is 0.396 e. The Hall–Kier alpha value is -1.88. The number of rotatable bonds is 5. The van der Waals surface area contributed by atoms with Gasteiger partial charge in [0.2, 0.25) is 5.95 Å². The summed E-state index contributed by atoms with van der Waals surface area (Å²) in [6.07, 6.45) is 3.05. The molecule has 1 aliphatic carbocycles. The Morgan fingerprint density at radius 2 is 2.16 bits per heavy atom. The van der Waals surface area contributed by atoms with Gasteiger partial charge in [0, 0.05) is 13.2 Å². The highest BCUT2D eigenvalue weighted by Crippen LogP contribution is 2.48. The van der Waals surface area contributed by atoms with Gasteiger partial charge in [-0.3, -0.25) is 9.78 Å². The molecule has 1 fully saturated rings. The Balaban J connectivity index is 1.80. The van der Waals surface area contributed by atoms with Crippen molar-refractivity contribution >= 4 is 16.9 Å². The second-order valence-electron chi connectivity index (χ2n) is 5.26. The summed E-state index contributed by atoms with van der Waals surface area (Å²) >= 11 is 0. The van der Waals surface area contributed by atoms with Gasteiger partial charge in [-0.2, -0.15) is 0 Å². The van der Waals surface area contributed by atoms with E-state index < -0.39 is 0 Å². The Morgan fingerprint density at radius 1 is 1.37 bits per heavy atom. The van der Waals surface area contributed by atoms with Crippen molar-refractivity contribution in [3.8, 4) is 0 Å². The first-order valence-electron chi connectivity index (χ1n) is 6.56. The number of aromatic amines is 1. The minimum Gasteiger partial charge on any atom is -0.396 e. The standard InChI is InChI=1S/C14H17N3O2/c18-8-7-14(5-6-14)9-15-13-16-11-4-2-1-3-10(11)12(19)17-13/h1-4,18H,5-9H2,(H2,15,16,17,19). The van der Waals surface area contributed by atoms with Gasteiger partial charge in [0.05, 0.1) is 10.9 Å². The Bertz CT molecular complexity index is 646. The lowest BCUT2D eigenvalue weighted by atomic mass is 10.0. The first kappa shape index (κ1) is 12.2. The van der Waals surface area contributed by atoms with Crippen molar-refractivity contribution in [1.82, 2.24) is 9.97 Å². The maximum Gasteiger partial charge on any atom is 0.260 e. The van der Waals surface area contributed by atoms with Crippen LogP contribution in [0.25, 0.3) is 10.9 Å². The lowest BCUT2D eigenvalue weighted by Crippen LogP contribution is -2.20. The molecule has 2 aromatic rings. The third-order valence-electron chi connectivity index (χ3n) is 3.84. The number of nitrogens with zero attached hydrogens (tertiary/aromatic N) is 1. The molecule has 0 atom stereocenters. The number of aliphatic hydroxyl groups excluding tert-OH is 1. The molecule has 1 aromatic carbocycles. The molecule has 1 aliphatic rings. The maximum absolute atomic E-state index is 11.9. The van der Waals surface area contributed by atoms with Gasteiger partial charge >= 0.3 is 0 Å². The van der Waals surface area contributed by atoms with Crippen molar-refractivity contribution in [3.63, 3.8) is 0 Å². The fourth-order valence-corrected chi connectivity index (χ4v) is 2.37. The number of hydrogen-bond donors (Lipinski definition) is 3. The SMILES string of the molecule is O=c1[nH]c(NCC2(CCO)CC2)nc2ccccc12. The zero-order valence-corrected chi connectivity index (χ0v) is 10.6. The normalized spacial score (nSPS) is 16.5. The number of benzene rings is 1. The van der Waals surface area contributed by atoms with Crippen molar-refractivity contribution in [2.45, 2.75) is 19.3 Å². The summed E-state index contributed by atoms with van der Waals surface area (Å²) in [5.41, 5.74) is 0.764. The fourth-order valence-electron chi connectivity index (χ4n) is 2.37. The number of nitrogens with one attached hydrogen (secondary N) is 2. The van der Waals surface area contributed by atoms with Crippen LogP contribution in [-0.2, 0) is 0 Å².